The van der Waals surface area contributed by atoms with E-state index in [4.69, 9.17) is 12.2 Å². The zero-order valence-electron chi connectivity index (χ0n) is 15.1. The summed E-state index contributed by atoms with van der Waals surface area (Å²) in [6.07, 6.45) is 0.910. The molecule has 1 aliphatic heterocycles. The van der Waals surface area contributed by atoms with Crippen LogP contribution in [0.4, 0.5) is 5.69 Å². The van der Waals surface area contributed by atoms with Crippen LogP contribution in [-0.2, 0) is 11.2 Å². The molecule has 3 aromatic rings. The van der Waals surface area contributed by atoms with Crippen molar-refractivity contribution in [3.8, 4) is 5.69 Å². The number of hydrogen-bond donors (Lipinski definition) is 0. The molecule has 0 spiro atoms. The Morgan fingerprint density at radius 2 is 1.93 bits per heavy atom. The van der Waals surface area contributed by atoms with Gasteiger partial charge in [0.25, 0.3) is 0 Å². The third-order valence-electron chi connectivity index (χ3n) is 4.67. The summed E-state index contributed by atoms with van der Waals surface area (Å²) in [6.45, 7) is 4.14. The van der Waals surface area contributed by atoms with E-state index in [1.165, 1.54) is 28.7 Å². The maximum atomic E-state index is 12.9. The number of hydrogen-bond acceptors (Lipinski definition) is 5. The molecule has 0 fully saturated rings. The third kappa shape index (κ3) is 3.59. The van der Waals surface area contributed by atoms with E-state index in [0.29, 0.717) is 9.71 Å². The van der Waals surface area contributed by atoms with E-state index in [1.54, 1.807) is 4.68 Å². The van der Waals surface area contributed by atoms with Crippen LogP contribution in [0.25, 0.3) is 5.69 Å². The van der Waals surface area contributed by atoms with Crippen molar-refractivity contribution in [2.45, 2.75) is 30.6 Å². The summed E-state index contributed by atoms with van der Waals surface area (Å²) in [6, 6.07) is 16.4. The molecule has 1 atom stereocenters. The van der Waals surface area contributed by atoms with E-state index in [0.717, 1.165) is 27.7 Å². The fourth-order valence-electron chi connectivity index (χ4n) is 3.41. The monoisotopic (exact) mass is 413 g/mol. The average molecular weight is 414 g/mol. The zero-order valence-corrected chi connectivity index (χ0v) is 17.5. The number of nitrogens with zero attached hydrogens (tertiary/aromatic N) is 3. The molecule has 2 heterocycles. The lowest BCUT2D eigenvalue weighted by molar-refractivity contribution is -0.116. The van der Waals surface area contributed by atoms with Gasteiger partial charge >= 0.3 is 0 Å². The Hall–Kier alpha value is -1.96. The average Bonchev–Trinajstić information content (AvgIpc) is 3.19. The van der Waals surface area contributed by atoms with Crippen LogP contribution < -0.4 is 4.90 Å². The topological polar surface area (TPSA) is 38.1 Å². The first-order chi connectivity index (χ1) is 13.0. The van der Waals surface area contributed by atoms with Gasteiger partial charge in [0.05, 0.1) is 11.4 Å². The lowest BCUT2D eigenvalue weighted by atomic mass is 10.1. The molecule has 0 radical (unpaired) electrons. The van der Waals surface area contributed by atoms with E-state index in [9.17, 15) is 4.79 Å². The summed E-state index contributed by atoms with van der Waals surface area (Å²) in [7, 11) is 0. The lowest BCUT2D eigenvalue weighted by Gasteiger charge is -2.22. The Kier molecular flexibility index (Phi) is 5.16. The standard InChI is InChI=1S/C20H19N3OS3/c1-13-7-3-5-9-16(13)23-20(25)27-19(21-23)26-12-18(24)22-14(2)11-15-8-4-6-10-17(15)22/h3-10,14H,11-12H2,1-2H3/t14-/m1/s1. The van der Waals surface area contributed by atoms with Gasteiger partial charge in [0.2, 0.25) is 5.91 Å². The smallest absolute Gasteiger partial charge is 0.237 e. The van der Waals surface area contributed by atoms with Gasteiger partial charge in [0.1, 0.15) is 0 Å². The molecule has 4 rings (SSSR count). The Morgan fingerprint density at radius 3 is 2.70 bits per heavy atom. The predicted octanol–water partition coefficient (Wildman–Crippen LogP) is 5.04. The van der Waals surface area contributed by atoms with Gasteiger partial charge in [0.15, 0.2) is 8.29 Å². The summed E-state index contributed by atoms with van der Waals surface area (Å²) in [5.41, 5.74) is 4.38. The minimum absolute atomic E-state index is 0.112. The van der Waals surface area contributed by atoms with Gasteiger partial charge in [-0.15, -0.1) is 5.10 Å². The van der Waals surface area contributed by atoms with Gasteiger partial charge < -0.3 is 4.90 Å². The van der Waals surface area contributed by atoms with Gasteiger partial charge in [-0.1, -0.05) is 59.5 Å². The fraction of sp³-hybridized carbons (Fsp3) is 0.250. The first kappa shape index (κ1) is 18.4. The van der Waals surface area contributed by atoms with Crippen molar-refractivity contribution in [3.63, 3.8) is 0 Å². The highest BCUT2D eigenvalue weighted by Crippen LogP contribution is 2.33. The van der Waals surface area contributed by atoms with E-state index >= 15 is 0 Å². The van der Waals surface area contributed by atoms with Crippen LogP contribution >= 0.6 is 35.3 Å². The highest BCUT2D eigenvalue weighted by Gasteiger charge is 2.30. The van der Waals surface area contributed by atoms with Crippen molar-refractivity contribution in [2.75, 3.05) is 10.7 Å². The number of rotatable bonds is 4. The highest BCUT2D eigenvalue weighted by atomic mass is 32.2. The number of aryl methyl sites for hydroxylation is 1. The summed E-state index contributed by atoms with van der Waals surface area (Å²) < 4.78 is 3.30. The summed E-state index contributed by atoms with van der Waals surface area (Å²) in [5, 5.41) is 4.63. The normalized spacial score (nSPS) is 15.8. The molecule has 4 nitrogen and oxygen atoms in total. The summed E-state index contributed by atoms with van der Waals surface area (Å²) >= 11 is 8.39. The molecule has 0 saturated carbocycles. The molecule has 0 bridgehead atoms. The van der Waals surface area contributed by atoms with E-state index < -0.39 is 0 Å². The second-order valence-corrected chi connectivity index (χ2v) is 9.41. The number of benzene rings is 2. The SMILES string of the molecule is Cc1ccccc1-n1nc(SCC(=O)N2c3ccccc3C[C@H]2C)sc1=S. The molecule has 0 aliphatic carbocycles. The van der Waals surface area contributed by atoms with Crippen LogP contribution in [0.2, 0.25) is 0 Å². The number of thioether (sulfide) groups is 1. The summed E-state index contributed by atoms with van der Waals surface area (Å²) in [5.74, 6) is 0.468. The number of amides is 1. The fourth-order valence-corrected chi connectivity index (χ4v) is 5.62. The minimum atomic E-state index is 0.112. The number of carbonyl (C=O) groups excluding carboxylic acids is 1. The van der Waals surface area contributed by atoms with Gasteiger partial charge in [-0.25, -0.2) is 4.68 Å². The van der Waals surface area contributed by atoms with Crippen molar-refractivity contribution in [2.24, 2.45) is 0 Å². The van der Waals surface area contributed by atoms with Crippen LogP contribution in [0.3, 0.4) is 0 Å². The molecule has 138 valence electrons. The maximum Gasteiger partial charge on any atom is 0.237 e. The Balaban J connectivity index is 1.50. The molecule has 1 amide bonds. The van der Waals surface area contributed by atoms with Crippen molar-refractivity contribution < 1.29 is 4.79 Å². The Bertz CT molecular complexity index is 1060. The van der Waals surface area contributed by atoms with E-state index in [-0.39, 0.29) is 11.9 Å². The highest BCUT2D eigenvalue weighted by molar-refractivity contribution is 8.01. The van der Waals surface area contributed by atoms with Crippen LogP contribution in [0.1, 0.15) is 18.1 Å². The molecule has 1 aromatic heterocycles. The second-order valence-electron chi connectivity index (χ2n) is 6.57. The molecular weight excluding hydrogens is 394 g/mol. The largest absolute Gasteiger partial charge is 0.308 e. The van der Waals surface area contributed by atoms with Crippen LogP contribution in [-0.4, -0.2) is 27.5 Å². The Morgan fingerprint density at radius 1 is 1.22 bits per heavy atom. The molecule has 2 aromatic carbocycles. The van der Waals surface area contributed by atoms with Crippen molar-refractivity contribution in [3.05, 3.63) is 63.6 Å². The molecular formula is C20H19N3OS3. The van der Waals surface area contributed by atoms with Gasteiger partial charge in [-0.2, -0.15) is 0 Å². The van der Waals surface area contributed by atoms with Crippen LogP contribution in [0.15, 0.2) is 52.9 Å². The second kappa shape index (κ2) is 7.58. The molecule has 1 aliphatic rings. The van der Waals surface area contributed by atoms with Gasteiger partial charge in [0, 0.05) is 11.7 Å². The molecule has 7 heteroatoms. The number of para-hydroxylation sites is 2. The molecule has 0 saturated heterocycles. The molecule has 27 heavy (non-hydrogen) atoms. The van der Waals surface area contributed by atoms with Crippen LogP contribution in [0, 0.1) is 10.9 Å². The zero-order chi connectivity index (χ0) is 19.0. The minimum Gasteiger partial charge on any atom is -0.308 e. The van der Waals surface area contributed by atoms with Crippen molar-refractivity contribution in [1.29, 1.82) is 0 Å². The first-order valence-corrected chi connectivity index (χ1v) is 10.9. The molecule has 0 N–H and O–H groups in total. The van der Waals surface area contributed by atoms with Crippen LogP contribution in [0.5, 0.6) is 0 Å². The van der Waals surface area contributed by atoms with E-state index in [2.05, 4.69) is 18.1 Å². The number of aromatic nitrogens is 2. The predicted molar refractivity (Wildman–Crippen MR) is 115 cm³/mol. The number of carbonyl (C=O) groups is 1. The lowest BCUT2D eigenvalue weighted by Crippen LogP contribution is -2.36. The first-order valence-electron chi connectivity index (χ1n) is 8.73. The maximum absolute atomic E-state index is 12.9. The quantitative estimate of drug-likeness (QED) is 0.444. The Labute approximate surface area is 171 Å². The third-order valence-corrected chi connectivity index (χ3v) is 7.02. The van der Waals surface area contributed by atoms with Gasteiger partial charge in [-0.05, 0) is 55.7 Å². The number of anilines is 1. The van der Waals surface area contributed by atoms with Gasteiger partial charge in [-0.3, -0.25) is 4.79 Å². The number of fused-ring (bicyclic) bond motifs is 1. The molecule has 0 unspecified atom stereocenters. The van der Waals surface area contributed by atoms with Crippen molar-refractivity contribution in [1.82, 2.24) is 9.78 Å². The van der Waals surface area contributed by atoms with E-state index in [1.807, 2.05) is 54.3 Å². The van der Waals surface area contributed by atoms with Crippen molar-refractivity contribution >= 4 is 46.9 Å². The summed E-state index contributed by atoms with van der Waals surface area (Å²) in [4.78, 5) is 14.8.